The monoisotopic (exact) mass is 321 g/mol. The largest absolute Gasteiger partial charge is 0.382 e. The minimum atomic E-state index is -3.58. The van der Waals surface area contributed by atoms with Crippen LogP contribution in [0.3, 0.4) is 0 Å². The highest BCUT2D eigenvalue weighted by Gasteiger charge is 2.11. The summed E-state index contributed by atoms with van der Waals surface area (Å²) in [6.45, 7) is -0.00586. The summed E-state index contributed by atoms with van der Waals surface area (Å²) in [5.41, 5.74) is 0.277. The highest BCUT2D eigenvalue weighted by molar-refractivity contribution is 9.10. The normalized spacial score (nSPS) is 10.9. The van der Waals surface area contributed by atoms with Gasteiger partial charge in [-0.05, 0) is 28.1 Å². The fraction of sp³-hybridized carbons (Fsp3) is 0.222. The third-order valence-corrected chi connectivity index (χ3v) is 3.45. The number of halogens is 2. The summed E-state index contributed by atoms with van der Waals surface area (Å²) in [5.74, 6) is -0.942. The first-order chi connectivity index (χ1) is 7.85. The number of hydrogen-bond acceptors (Lipinski definition) is 4. The van der Waals surface area contributed by atoms with Crippen molar-refractivity contribution in [3.05, 3.63) is 28.0 Å². The number of hydrogen-bond donors (Lipinski definition) is 2. The van der Waals surface area contributed by atoms with Gasteiger partial charge >= 0.3 is 0 Å². The van der Waals surface area contributed by atoms with Crippen LogP contribution in [0.25, 0.3) is 0 Å². The number of anilines is 1. The van der Waals surface area contributed by atoms with E-state index in [4.69, 9.17) is 10.4 Å². The molecule has 0 fully saturated rings. The molecular formula is C9H9BrFN3O2S. The van der Waals surface area contributed by atoms with Gasteiger partial charge in [0, 0.05) is 6.54 Å². The summed E-state index contributed by atoms with van der Waals surface area (Å²) >= 11 is 2.94. The van der Waals surface area contributed by atoms with Gasteiger partial charge < -0.3 is 5.32 Å². The van der Waals surface area contributed by atoms with Crippen molar-refractivity contribution in [1.29, 1.82) is 5.26 Å². The van der Waals surface area contributed by atoms with Crippen LogP contribution in [-0.2, 0) is 10.0 Å². The molecule has 0 saturated carbocycles. The van der Waals surface area contributed by atoms with Crippen LogP contribution in [0.1, 0.15) is 5.56 Å². The van der Waals surface area contributed by atoms with Crippen LogP contribution >= 0.6 is 15.9 Å². The van der Waals surface area contributed by atoms with E-state index < -0.39 is 15.8 Å². The van der Waals surface area contributed by atoms with Crippen molar-refractivity contribution in [1.82, 2.24) is 0 Å². The third kappa shape index (κ3) is 3.96. The fourth-order valence-corrected chi connectivity index (χ4v) is 1.92. The summed E-state index contributed by atoms with van der Waals surface area (Å²) in [6.07, 6.45) is 0. The maximum atomic E-state index is 13.6. The van der Waals surface area contributed by atoms with E-state index >= 15 is 0 Å². The lowest BCUT2D eigenvalue weighted by Crippen LogP contribution is -2.22. The Morgan fingerprint density at radius 2 is 2.18 bits per heavy atom. The van der Waals surface area contributed by atoms with E-state index in [0.717, 1.165) is 0 Å². The number of nitrogens with zero attached hydrogens (tertiary/aromatic N) is 1. The van der Waals surface area contributed by atoms with E-state index in [1.807, 2.05) is 6.07 Å². The minimum Gasteiger partial charge on any atom is -0.382 e. The Labute approximate surface area is 107 Å². The molecule has 0 atom stereocenters. The molecule has 0 aliphatic carbocycles. The summed E-state index contributed by atoms with van der Waals surface area (Å²) in [4.78, 5) is 0. The molecule has 0 heterocycles. The number of nitrogens with two attached hydrogens (primary N) is 1. The Hall–Kier alpha value is -1.17. The van der Waals surface area contributed by atoms with Gasteiger partial charge in [-0.2, -0.15) is 5.26 Å². The summed E-state index contributed by atoms with van der Waals surface area (Å²) in [7, 11) is -3.58. The molecule has 0 bridgehead atoms. The molecule has 0 spiro atoms. The Morgan fingerprint density at radius 3 is 2.71 bits per heavy atom. The van der Waals surface area contributed by atoms with E-state index in [2.05, 4.69) is 21.2 Å². The van der Waals surface area contributed by atoms with Crippen molar-refractivity contribution in [2.24, 2.45) is 5.14 Å². The molecule has 17 heavy (non-hydrogen) atoms. The zero-order chi connectivity index (χ0) is 13.1. The molecule has 0 unspecified atom stereocenters. The average molecular weight is 322 g/mol. The third-order valence-electron chi connectivity index (χ3n) is 1.90. The van der Waals surface area contributed by atoms with Gasteiger partial charge in [0.15, 0.2) is 5.82 Å². The average Bonchev–Trinajstić information content (AvgIpc) is 2.23. The van der Waals surface area contributed by atoms with Gasteiger partial charge in [0.1, 0.15) is 6.07 Å². The molecular weight excluding hydrogens is 313 g/mol. The van der Waals surface area contributed by atoms with Crippen LogP contribution < -0.4 is 10.5 Å². The summed E-state index contributed by atoms with van der Waals surface area (Å²) in [6, 6.07) is 4.60. The molecule has 0 aromatic heterocycles. The van der Waals surface area contributed by atoms with Gasteiger partial charge in [-0.25, -0.2) is 17.9 Å². The van der Waals surface area contributed by atoms with Crippen LogP contribution in [0.15, 0.2) is 16.6 Å². The topological polar surface area (TPSA) is 96.0 Å². The second-order valence-electron chi connectivity index (χ2n) is 3.19. The van der Waals surface area contributed by atoms with Crippen LogP contribution in [0.4, 0.5) is 10.1 Å². The van der Waals surface area contributed by atoms with E-state index in [9.17, 15) is 12.8 Å². The van der Waals surface area contributed by atoms with Gasteiger partial charge in [-0.1, -0.05) is 0 Å². The Bertz CT molecular complexity index is 568. The van der Waals surface area contributed by atoms with Gasteiger partial charge in [-0.15, -0.1) is 0 Å². The number of rotatable bonds is 4. The smallest absolute Gasteiger partial charge is 0.210 e. The summed E-state index contributed by atoms with van der Waals surface area (Å²) < 4.78 is 35.0. The molecule has 5 nitrogen and oxygen atoms in total. The zero-order valence-corrected chi connectivity index (χ0v) is 11.0. The van der Waals surface area contributed by atoms with Crippen molar-refractivity contribution in [3.8, 4) is 6.07 Å². The van der Waals surface area contributed by atoms with Crippen LogP contribution in [0.5, 0.6) is 0 Å². The van der Waals surface area contributed by atoms with Crippen LogP contribution in [-0.4, -0.2) is 20.7 Å². The van der Waals surface area contributed by atoms with Crippen molar-refractivity contribution >= 4 is 31.6 Å². The molecule has 3 N–H and O–H groups in total. The predicted octanol–water partition coefficient (Wildman–Crippen LogP) is 1.16. The Kier molecular flexibility index (Phi) is 4.45. The molecule has 0 amide bonds. The zero-order valence-electron chi connectivity index (χ0n) is 8.57. The number of benzene rings is 1. The van der Waals surface area contributed by atoms with E-state index in [1.54, 1.807) is 0 Å². The van der Waals surface area contributed by atoms with E-state index in [-0.39, 0.29) is 28.0 Å². The standard InChI is InChI=1S/C9H9BrFN3O2S/c10-8-6(5-12)1-2-7(9(8)11)14-3-4-17(13,15)16/h1-2,14H,3-4H2,(H2,13,15,16). The second kappa shape index (κ2) is 5.44. The molecule has 1 aromatic carbocycles. The molecule has 0 aliphatic rings. The molecule has 92 valence electrons. The van der Waals surface area contributed by atoms with Crippen LogP contribution in [0.2, 0.25) is 0 Å². The summed E-state index contributed by atoms with van der Waals surface area (Å²) in [5, 5.41) is 16.0. The molecule has 0 aliphatic heterocycles. The maximum Gasteiger partial charge on any atom is 0.210 e. The Balaban J connectivity index is 2.81. The molecule has 1 rings (SSSR count). The first-order valence-corrected chi connectivity index (χ1v) is 6.98. The van der Waals surface area contributed by atoms with Crippen molar-refractivity contribution in [3.63, 3.8) is 0 Å². The number of sulfonamides is 1. The van der Waals surface area contributed by atoms with Crippen molar-refractivity contribution in [2.75, 3.05) is 17.6 Å². The van der Waals surface area contributed by atoms with Gasteiger partial charge in [-0.3, -0.25) is 0 Å². The van der Waals surface area contributed by atoms with Gasteiger partial charge in [0.2, 0.25) is 10.0 Å². The highest BCUT2D eigenvalue weighted by atomic mass is 79.9. The highest BCUT2D eigenvalue weighted by Crippen LogP contribution is 2.26. The second-order valence-corrected chi connectivity index (χ2v) is 5.72. The lowest BCUT2D eigenvalue weighted by atomic mass is 10.2. The molecule has 0 saturated heterocycles. The van der Waals surface area contributed by atoms with Crippen molar-refractivity contribution in [2.45, 2.75) is 0 Å². The molecule has 1 aromatic rings. The molecule has 0 radical (unpaired) electrons. The number of nitriles is 1. The van der Waals surface area contributed by atoms with E-state index in [1.165, 1.54) is 12.1 Å². The van der Waals surface area contributed by atoms with E-state index in [0.29, 0.717) is 0 Å². The van der Waals surface area contributed by atoms with Crippen molar-refractivity contribution < 1.29 is 12.8 Å². The molecule has 8 heteroatoms. The lowest BCUT2D eigenvalue weighted by Gasteiger charge is -2.08. The quantitative estimate of drug-likeness (QED) is 0.869. The van der Waals surface area contributed by atoms with Crippen LogP contribution in [0, 0.1) is 17.1 Å². The first kappa shape index (κ1) is 13.9. The SMILES string of the molecule is N#Cc1ccc(NCCS(N)(=O)=O)c(F)c1Br. The fourth-order valence-electron chi connectivity index (χ4n) is 1.10. The maximum absolute atomic E-state index is 13.6. The predicted molar refractivity (Wildman–Crippen MR) is 65.3 cm³/mol. The number of primary sulfonamides is 1. The first-order valence-electron chi connectivity index (χ1n) is 4.47. The van der Waals surface area contributed by atoms with Gasteiger partial charge in [0.25, 0.3) is 0 Å². The van der Waals surface area contributed by atoms with Gasteiger partial charge in [0.05, 0.1) is 21.5 Å². The number of nitrogens with one attached hydrogen (secondary N) is 1. The lowest BCUT2D eigenvalue weighted by molar-refractivity contribution is 0.597. The Morgan fingerprint density at radius 1 is 1.53 bits per heavy atom. The minimum absolute atomic E-state index is 0.00586.